The molecule has 0 unspecified atom stereocenters. The van der Waals surface area contributed by atoms with E-state index in [2.05, 4.69) is 41.2 Å². The predicted molar refractivity (Wildman–Crippen MR) is 119 cm³/mol. The molecule has 1 aromatic heterocycles. The van der Waals surface area contributed by atoms with Crippen LogP contribution in [0.25, 0.3) is 0 Å². The van der Waals surface area contributed by atoms with Crippen molar-refractivity contribution in [3.8, 4) is 0 Å². The second kappa shape index (κ2) is 10.6. The molecule has 1 saturated heterocycles. The van der Waals surface area contributed by atoms with Crippen LogP contribution in [-0.2, 0) is 16.0 Å². The van der Waals surface area contributed by atoms with Crippen LogP contribution in [0, 0.1) is 0 Å². The number of hydrogen-bond acceptors (Lipinski definition) is 6. The fourth-order valence-corrected chi connectivity index (χ4v) is 4.35. The van der Waals surface area contributed by atoms with E-state index in [-0.39, 0.29) is 17.9 Å². The van der Waals surface area contributed by atoms with Crippen LogP contribution < -0.4 is 5.32 Å². The van der Waals surface area contributed by atoms with E-state index in [1.807, 2.05) is 33.7 Å². The van der Waals surface area contributed by atoms with Crippen LogP contribution in [-0.4, -0.2) is 74.9 Å². The number of piperazine rings is 1. The highest BCUT2D eigenvalue weighted by Gasteiger charge is 2.23. The molecule has 162 valence electrons. The van der Waals surface area contributed by atoms with Gasteiger partial charge < -0.3 is 14.8 Å². The minimum absolute atomic E-state index is 0.0146. The number of aryl methyl sites for hydroxylation is 1. The van der Waals surface area contributed by atoms with Gasteiger partial charge in [0.25, 0.3) is 0 Å². The van der Waals surface area contributed by atoms with Crippen LogP contribution in [0.2, 0.25) is 0 Å². The third-order valence-corrected chi connectivity index (χ3v) is 6.13. The minimum Gasteiger partial charge on any atom is -0.339 e. The molecular weight excluding hydrogens is 400 g/mol. The molecule has 30 heavy (non-hydrogen) atoms. The number of hydrogen-bond donors (Lipinski definition) is 1. The average molecular weight is 431 g/mol. The number of anilines is 1. The highest BCUT2D eigenvalue weighted by atomic mass is 32.2. The van der Waals surface area contributed by atoms with Crippen molar-refractivity contribution < 1.29 is 9.59 Å². The van der Waals surface area contributed by atoms with Crippen molar-refractivity contribution >= 4 is 29.3 Å². The quantitative estimate of drug-likeness (QED) is 0.647. The number of para-hydroxylation sites is 1. The van der Waals surface area contributed by atoms with Crippen LogP contribution in [0.15, 0.2) is 35.7 Å². The Kier molecular flexibility index (Phi) is 7.87. The lowest BCUT2D eigenvalue weighted by molar-refractivity contribution is -0.130. The fourth-order valence-electron chi connectivity index (χ4n) is 3.41. The van der Waals surface area contributed by atoms with Crippen molar-refractivity contribution in [3.05, 3.63) is 36.2 Å². The Morgan fingerprint density at radius 3 is 2.60 bits per heavy atom. The van der Waals surface area contributed by atoms with E-state index in [1.54, 1.807) is 6.33 Å². The van der Waals surface area contributed by atoms with Gasteiger partial charge in [-0.05, 0) is 31.9 Å². The summed E-state index contributed by atoms with van der Waals surface area (Å²) in [6.45, 7) is 9.20. The maximum absolute atomic E-state index is 12.6. The van der Waals surface area contributed by atoms with Gasteiger partial charge in [-0.1, -0.05) is 36.9 Å². The summed E-state index contributed by atoms with van der Waals surface area (Å²) in [4.78, 5) is 29.0. The largest absolute Gasteiger partial charge is 0.339 e. The Bertz CT molecular complexity index is 861. The molecule has 0 spiro atoms. The van der Waals surface area contributed by atoms with E-state index in [0.717, 1.165) is 22.8 Å². The molecule has 1 N–H and O–H groups in total. The lowest BCUT2D eigenvalue weighted by Gasteiger charge is -2.34. The van der Waals surface area contributed by atoms with Crippen LogP contribution in [0.5, 0.6) is 0 Å². The van der Waals surface area contributed by atoms with E-state index in [1.165, 1.54) is 11.8 Å². The summed E-state index contributed by atoms with van der Waals surface area (Å²) in [6, 6.07) is 8.14. The highest BCUT2D eigenvalue weighted by molar-refractivity contribution is 7.99. The molecule has 0 saturated carbocycles. The summed E-state index contributed by atoms with van der Waals surface area (Å²) < 4.78 is 1.96. The van der Waals surface area contributed by atoms with Gasteiger partial charge in [0.2, 0.25) is 11.8 Å². The molecule has 0 aliphatic carbocycles. The Balaban J connectivity index is 1.42. The third-order valence-electron chi connectivity index (χ3n) is 5.19. The molecule has 3 rings (SSSR count). The van der Waals surface area contributed by atoms with Gasteiger partial charge in [-0.25, -0.2) is 0 Å². The number of nitrogens with zero attached hydrogens (tertiary/aromatic N) is 5. The van der Waals surface area contributed by atoms with Gasteiger partial charge in [0.05, 0.1) is 12.3 Å². The van der Waals surface area contributed by atoms with Crippen molar-refractivity contribution in [3.63, 3.8) is 0 Å². The number of carbonyl (C=O) groups excluding carboxylic acids is 2. The first-order valence-corrected chi connectivity index (χ1v) is 11.4. The van der Waals surface area contributed by atoms with Gasteiger partial charge in [0.15, 0.2) is 5.16 Å². The second-order valence-corrected chi connectivity index (χ2v) is 8.56. The Labute approximate surface area is 182 Å². The minimum atomic E-state index is -0.0146. The number of rotatable bonds is 8. The number of thioether (sulfide) groups is 1. The number of amides is 2. The molecule has 0 radical (unpaired) electrons. The van der Waals surface area contributed by atoms with Crippen LogP contribution >= 0.6 is 11.8 Å². The monoisotopic (exact) mass is 430 g/mol. The van der Waals surface area contributed by atoms with Crippen molar-refractivity contribution in [1.29, 1.82) is 0 Å². The van der Waals surface area contributed by atoms with E-state index in [9.17, 15) is 9.59 Å². The van der Waals surface area contributed by atoms with Crippen LogP contribution in [0.3, 0.4) is 0 Å². The third kappa shape index (κ3) is 5.82. The van der Waals surface area contributed by atoms with Gasteiger partial charge in [-0.3, -0.25) is 14.5 Å². The molecule has 2 aromatic rings. The van der Waals surface area contributed by atoms with E-state index in [4.69, 9.17) is 0 Å². The topological polar surface area (TPSA) is 83.4 Å². The zero-order valence-corrected chi connectivity index (χ0v) is 18.7. The second-order valence-electron chi connectivity index (χ2n) is 7.62. The Morgan fingerprint density at radius 1 is 1.17 bits per heavy atom. The fraction of sp³-hybridized carbons (Fsp3) is 0.524. The van der Waals surface area contributed by atoms with E-state index in [0.29, 0.717) is 38.5 Å². The van der Waals surface area contributed by atoms with Crippen LogP contribution in [0.1, 0.15) is 32.4 Å². The summed E-state index contributed by atoms with van der Waals surface area (Å²) in [5.41, 5.74) is 2.01. The SMILES string of the molecule is CCc1ccccc1NC(=O)CN1CCN(C(=O)CSc2nncn2C(C)C)CC1. The van der Waals surface area contributed by atoms with Gasteiger partial charge in [-0.2, -0.15) is 0 Å². The molecule has 0 atom stereocenters. The van der Waals surface area contributed by atoms with Crippen molar-refractivity contribution in [2.24, 2.45) is 0 Å². The van der Waals surface area contributed by atoms with Gasteiger partial charge in [-0.15, -0.1) is 10.2 Å². The van der Waals surface area contributed by atoms with E-state index >= 15 is 0 Å². The molecule has 2 amide bonds. The molecule has 2 heterocycles. The molecule has 1 aromatic carbocycles. The predicted octanol–water partition coefficient (Wildman–Crippen LogP) is 2.30. The molecule has 8 nitrogen and oxygen atoms in total. The maximum atomic E-state index is 12.6. The van der Waals surface area contributed by atoms with Gasteiger partial charge in [0.1, 0.15) is 6.33 Å². The summed E-state index contributed by atoms with van der Waals surface area (Å²) >= 11 is 1.42. The zero-order chi connectivity index (χ0) is 21.5. The van der Waals surface area contributed by atoms with Crippen LogP contribution in [0.4, 0.5) is 5.69 Å². The molecule has 9 heteroatoms. The maximum Gasteiger partial charge on any atom is 0.238 e. The molecule has 1 fully saturated rings. The van der Waals surface area contributed by atoms with Gasteiger partial charge in [0, 0.05) is 37.9 Å². The number of carbonyl (C=O) groups is 2. The highest BCUT2D eigenvalue weighted by Crippen LogP contribution is 2.19. The molecular formula is C21H30N6O2S. The van der Waals surface area contributed by atoms with Crippen molar-refractivity contribution in [2.75, 3.05) is 43.8 Å². The molecule has 1 aliphatic rings. The number of aromatic nitrogens is 3. The first kappa shape index (κ1) is 22.3. The lowest BCUT2D eigenvalue weighted by Crippen LogP contribution is -2.50. The summed E-state index contributed by atoms with van der Waals surface area (Å²) in [5, 5.41) is 11.8. The molecule has 0 bridgehead atoms. The number of nitrogens with one attached hydrogen (secondary N) is 1. The standard InChI is InChI=1S/C21H30N6O2S/c1-4-17-7-5-6-8-18(17)23-19(28)13-25-9-11-26(12-10-25)20(29)14-30-21-24-22-15-27(21)16(2)3/h5-8,15-16H,4,9-14H2,1-3H3,(H,23,28). The summed E-state index contributed by atoms with van der Waals surface area (Å²) in [7, 11) is 0. The summed E-state index contributed by atoms with van der Waals surface area (Å²) in [6.07, 6.45) is 2.57. The van der Waals surface area contributed by atoms with E-state index < -0.39 is 0 Å². The molecule has 1 aliphatic heterocycles. The lowest BCUT2D eigenvalue weighted by atomic mass is 10.1. The van der Waals surface area contributed by atoms with Crippen molar-refractivity contribution in [1.82, 2.24) is 24.6 Å². The zero-order valence-electron chi connectivity index (χ0n) is 17.9. The first-order valence-electron chi connectivity index (χ1n) is 10.4. The smallest absolute Gasteiger partial charge is 0.238 e. The van der Waals surface area contributed by atoms with Gasteiger partial charge >= 0.3 is 0 Å². The number of benzene rings is 1. The normalized spacial score (nSPS) is 14.9. The van der Waals surface area contributed by atoms with Crippen molar-refractivity contribution in [2.45, 2.75) is 38.4 Å². The Hall–Kier alpha value is -2.39. The average Bonchev–Trinajstić information content (AvgIpc) is 3.22. The first-order chi connectivity index (χ1) is 14.5. The Morgan fingerprint density at radius 2 is 1.90 bits per heavy atom. The summed E-state index contributed by atoms with van der Waals surface area (Å²) in [5.74, 6) is 0.429.